The molecule has 2 rings (SSSR count). The molecular weight excluding hydrogens is 253 g/mol. The van der Waals surface area contributed by atoms with Crippen LogP contribution in [-0.4, -0.2) is 26.3 Å². The van der Waals surface area contributed by atoms with Crippen LogP contribution in [-0.2, 0) is 16.0 Å². The molecule has 19 heavy (non-hydrogen) atoms. The Labute approximate surface area is 110 Å². The molecule has 1 aliphatic rings. The zero-order chi connectivity index (χ0) is 13.8. The Morgan fingerprint density at radius 2 is 2.37 bits per heavy atom. The summed E-state index contributed by atoms with van der Waals surface area (Å²) < 4.78 is 28.9. The van der Waals surface area contributed by atoms with Gasteiger partial charge in [-0.15, -0.1) is 0 Å². The van der Waals surface area contributed by atoms with Crippen LogP contribution in [0.15, 0.2) is 6.07 Å². The third-order valence-corrected chi connectivity index (χ3v) is 2.94. The van der Waals surface area contributed by atoms with Crippen molar-refractivity contribution in [3.05, 3.63) is 17.4 Å². The van der Waals surface area contributed by atoms with Crippen LogP contribution in [0.3, 0.4) is 0 Å². The molecule has 0 atom stereocenters. The maximum atomic E-state index is 13.6. The number of nitrogens with two attached hydrogens (primary N) is 1. The summed E-state index contributed by atoms with van der Waals surface area (Å²) in [5.41, 5.74) is 6.41. The number of esters is 1. The van der Waals surface area contributed by atoms with E-state index in [4.69, 9.17) is 15.2 Å². The summed E-state index contributed by atoms with van der Waals surface area (Å²) in [7, 11) is 1.34. The number of rotatable bonds is 5. The van der Waals surface area contributed by atoms with Gasteiger partial charge in [-0.25, -0.2) is 4.39 Å². The molecule has 6 heteroatoms. The molecule has 2 N–H and O–H groups in total. The van der Waals surface area contributed by atoms with Gasteiger partial charge < -0.3 is 19.9 Å². The molecule has 0 radical (unpaired) electrons. The van der Waals surface area contributed by atoms with Crippen LogP contribution in [0.1, 0.15) is 18.4 Å². The third-order valence-electron chi connectivity index (χ3n) is 2.94. The molecule has 0 aromatic heterocycles. The first-order valence-corrected chi connectivity index (χ1v) is 6.06. The molecule has 0 saturated heterocycles. The van der Waals surface area contributed by atoms with Crippen molar-refractivity contribution in [2.75, 3.05) is 26.1 Å². The maximum absolute atomic E-state index is 13.6. The van der Waals surface area contributed by atoms with Gasteiger partial charge in [0.05, 0.1) is 20.3 Å². The van der Waals surface area contributed by atoms with Gasteiger partial charge in [0.25, 0.3) is 0 Å². The molecule has 1 heterocycles. The molecule has 0 saturated carbocycles. The van der Waals surface area contributed by atoms with Crippen LogP contribution in [0.4, 0.5) is 10.1 Å². The fraction of sp³-hybridized carbons (Fsp3) is 0.462. The van der Waals surface area contributed by atoms with E-state index in [1.807, 2.05) is 0 Å². The molecule has 0 unspecified atom stereocenters. The fourth-order valence-electron chi connectivity index (χ4n) is 1.95. The first-order valence-electron chi connectivity index (χ1n) is 6.06. The van der Waals surface area contributed by atoms with E-state index in [1.165, 1.54) is 13.2 Å². The number of fused-ring (bicyclic) bond motifs is 1. The lowest BCUT2D eigenvalue weighted by Gasteiger charge is -2.11. The second-order valence-corrected chi connectivity index (χ2v) is 4.20. The smallest absolute Gasteiger partial charge is 0.305 e. The lowest BCUT2D eigenvalue weighted by Crippen LogP contribution is -2.06. The Bertz CT molecular complexity index is 490. The zero-order valence-corrected chi connectivity index (χ0v) is 10.7. The predicted octanol–water partition coefficient (Wildman–Crippen LogP) is 1.67. The molecule has 1 aromatic carbocycles. The summed E-state index contributed by atoms with van der Waals surface area (Å²) in [6, 6.07) is 1.26. The van der Waals surface area contributed by atoms with E-state index in [9.17, 15) is 9.18 Å². The van der Waals surface area contributed by atoms with Crippen molar-refractivity contribution in [2.24, 2.45) is 0 Å². The average molecular weight is 269 g/mol. The van der Waals surface area contributed by atoms with Crippen molar-refractivity contribution < 1.29 is 23.4 Å². The molecule has 0 spiro atoms. The molecule has 0 fully saturated rings. The van der Waals surface area contributed by atoms with E-state index in [0.29, 0.717) is 37.6 Å². The summed E-state index contributed by atoms with van der Waals surface area (Å²) in [4.78, 5) is 10.9. The predicted molar refractivity (Wildman–Crippen MR) is 66.8 cm³/mol. The lowest BCUT2D eigenvalue weighted by molar-refractivity contribution is -0.140. The van der Waals surface area contributed by atoms with E-state index in [-0.39, 0.29) is 18.1 Å². The summed E-state index contributed by atoms with van der Waals surface area (Å²) in [6.07, 6.45) is 1.42. The van der Waals surface area contributed by atoms with Gasteiger partial charge >= 0.3 is 5.97 Å². The van der Waals surface area contributed by atoms with Gasteiger partial charge in [-0.2, -0.15) is 0 Å². The molecular formula is C13H16FNO4. The van der Waals surface area contributed by atoms with E-state index >= 15 is 0 Å². The molecule has 1 aliphatic heterocycles. The minimum absolute atomic E-state index is 0.0226. The minimum Gasteiger partial charge on any atom is -0.493 e. The summed E-state index contributed by atoms with van der Waals surface area (Å²) >= 11 is 0. The number of hydrogen-bond acceptors (Lipinski definition) is 5. The maximum Gasteiger partial charge on any atom is 0.305 e. The van der Waals surface area contributed by atoms with Gasteiger partial charge in [-0.3, -0.25) is 4.79 Å². The van der Waals surface area contributed by atoms with Crippen molar-refractivity contribution in [1.82, 2.24) is 0 Å². The van der Waals surface area contributed by atoms with Crippen LogP contribution in [0.5, 0.6) is 11.5 Å². The van der Waals surface area contributed by atoms with Gasteiger partial charge in [0.1, 0.15) is 11.4 Å². The largest absolute Gasteiger partial charge is 0.493 e. The van der Waals surface area contributed by atoms with Crippen molar-refractivity contribution in [3.63, 3.8) is 0 Å². The molecule has 0 amide bonds. The highest BCUT2D eigenvalue weighted by atomic mass is 19.1. The fourth-order valence-corrected chi connectivity index (χ4v) is 1.95. The number of hydrogen-bond donors (Lipinski definition) is 1. The topological polar surface area (TPSA) is 70.8 Å². The second kappa shape index (κ2) is 5.77. The van der Waals surface area contributed by atoms with E-state index in [1.54, 1.807) is 0 Å². The normalized spacial score (nSPS) is 12.7. The number of nitrogen functional groups attached to an aromatic ring is 1. The highest BCUT2D eigenvalue weighted by molar-refractivity contribution is 5.69. The second-order valence-electron chi connectivity index (χ2n) is 4.20. The first-order chi connectivity index (χ1) is 9.13. The third kappa shape index (κ3) is 2.89. The SMILES string of the molecule is COC(=O)CCCOc1cc(F)c(N)c2c1CCO2. The number of benzene rings is 1. The first kappa shape index (κ1) is 13.5. The van der Waals surface area contributed by atoms with Crippen LogP contribution >= 0.6 is 0 Å². The number of carbonyl (C=O) groups is 1. The summed E-state index contributed by atoms with van der Waals surface area (Å²) in [6.45, 7) is 0.784. The Kier molecular flexibility index (Phi) is 4.09. The highest BCUT2D eigenvalue weighted by Gasteiger charge is 2.23. The van der Waals surface area contributed by atoms with Crippen molar-refractivity contribution in [2.45, 2.75) is 19.3 Å². The van der Waals surface area contributed by atoms with Crippen LogP contribution in [0, 0.1) is 5.82 Å². The Balaban J connectivity index is 2.00. The quantitative estimate of drug-likeness (QED) is 0.500. The van der Waals surface area contributed by atoms with Crippen LogP contribution in [0.25, 0.3) is 0 Å². The summed E-state index contributed by atoms with van der Waals surface area (Å²) in [5, 5.41) is 0. The summed E-state index contributed by atoms with van der Waals surface area (Å²) in [5.74, 6) is -0.0312. The number of ether oxygens (including phenoxy) is 3. The van der Waals surface area contributed by atoms with Gasteiger partial charge in [0.15, 0.2) is 11.6 Å². The average Bonchev–Trinajstić information content (AvgIpc) is 2.89. The molecule has 5 nitrogen and oxygen atoms in total. The number of carbonyl (C=O) groups excluding carboxylic acids is 1. The Hall–Kier alpha value is -1.98. The van der Waals surface area contributed by atoms with Gasteiger partial charge in [0.2, 0.25) is 0 Å². The standard InChI is InChI=1S/C13H16FNO4/c1-17-11(16)3-2-5-18-10-7-9(14)12(15)13-8(10)4-6-19-13/h7H,2-6,15H2,1H3. The van der Waals surface area contributed by atoms with Crippen LogP contribution in [0.2, 0.25) is 0 Å². The van der Waals surface area contributed by atoms with Gasteiger partial charge in [-0.1, -0.05) is 0 Å². The zero-order valence-electron chi connectivity index (χ0n) is 10.7. The van der Waals surface area contributed by atoms with Gasteiger partial charge in [-0.05, 0) is 6.42 Å². The van der Waals surface area contributed by atoms with Crippen LogP contribution < -0.4 is 15.2 Å². The van der Waals surface area contributed by atoms with E-state index < -0.39 is 5.82 Å². The monoisotopic (exact) mass is 269 g/mol. The lowest BCUT2D eigenvalue weighted by atomic mass is 10.1. The Morgan fingerprint density at radius 1 is 1.58 bits per heavy atom. The van der Waals surface area contributed by atoms with Crippen molar-refractivity contribution in [3.8, 4) is 11.5 Å². The van der Waals surface area contributed by atoms with E-state index in [2.05, 4.69) is 4.74 Å². The highest BCUT2D eigenvalue weighted by Crippen LogP contribution is 2.40. The van der Waals surface area contributed by atoms with Gasteiger partial charge in [0, 0.05) is 24.5 Å². The Morgan fingerprint density at radius 3 is 3.11 bits per heavy atom. The minimum atomic E-state index is -0.552. The van der Waals surface area contributed by atoms with E-state index in [0.717, 1.165) is 5.56 Å². The molecule has 1 aromatic rings. The number of methoxy groups -OCH3 is 1. The molecule has 0 bridgehead atoms. The number of anilines is 1. The molecule has 0 aliphatic carbocycles. The number of halogens is 1. The molecule has 104 valence electrons. The van der Waals surface area contributed by atoms with Crippen molar-refractivity contribution >= 4 is 11.7 Å². The van der Waals surface area contributed by atoms with Crippen molar-refractivity contribution in [1.29, 1.82) is 0 Å².